The van der Waals surface area contributed by atoms with Crippen molar-refractivity contribution in [2.45, 2.75) is 39.2 Å². The van der Waals surface area contributed by atoms with Gasteiger partial charge < -0.3 is 4.90 Å². The van der Waals surface area contributed by atoms with Gasteiger partial charge in [0.25, 0.3) is 10.1 Å². The lowest BCUT2D eigenvalue weighted by Crippen LogP contribution is -2.34. The summed E-state index contributed by atoms with van der Waals surface area (Å²) in [7, 11) is -1.92. The molecule has 0 amide bonds. The summed E-state index contributed by atoms with van der Waals surface area (Å²) in [6.07, 6.45) is 3.17. The van der Waals surface area contributed by atoms with Crippen LogP contribution in [0.3, 0.4) is 0 Å². The van der Waals surface area contributed by atoms with Crippen LogP contribution in [-0.4, -0.2) is 43.3 Å². The van der Waals surface area contributed by atoms with Gasteiger partial charge in [0.2, 0.25) is 0 Å². The average molecular weight is 223 g/mol. The molecule has 0 aromatic heterocycles. The Bertz CT molecular complexity index is 238. The van der Waals surface area contributed by atoms with E-state index < -0.39 is 10.1 Å². The lowest BCUT2D eigenvalue weighted by Gasteiger charge is -2.26. The Labute approximate surface area is 87.0 Å². The monoisotopic (exact) mass is 223 g/mol. The zero-order valence-electron chi connectivity index (χ0n) is 9.23. The lowest BCUT2D eigenvalue weighted by molar-refractivity contribution is 0.233. The number of hydrogen-bond acceptors (Lipinski definition) is 3. The molecular weight excluding hydrogens is 202 g/mol. The molecule has 0 bridgehead atoms. The normalized spacial score (nSPS) is 14.6. The van der Waals surface area contributed by atoms with Crippen molar-refractivity contribution in [3.8, 4) is 0 Å². The Morgan fingerprint density at radius 3 is 2.29 bits per heavy atom. The molecule has 0 aliphatic carbocycles. The van der Waals surface area contributed by atoms with E-state index in [1.54, 1.807) is 0 Å². The molecule has 0 spiro atoms. The fourth-order valence-electron chi connectivity index (χ4n) is 1.51. The lowest BCUT2D eigenvalue weighted by atomic mass is 10.1. The molecule has 86 valence electrons. The van der Waals surface area contributed by atoms with Gasteiger partial charge in [0.15, 0.2) is 0 Å². The summed E-state index contributed by atoms with van der Waals surface area (Å²) in [4.78, 5) is 2.00. The molecule has 1 unspecified atom stereocenters. The molecule has 1 N–H and O–H groups in total. The minimum absolute atomic E-state index is 0.177. The van der Waals surface area contributed by atoms with Gasteiger partial charge in [-0.25, -0.2) is 0 Å². The van der Waals surface area contributed by atoms with Crippen LogP contribution < -0.4 is 0 Å². The summed E-state index contributed by atoms with van der Waals surface area (Å²) in [5.41, 5.74) is 0. The Hall–Kier alpha value is -0.130. The molecule has 0 saturated carbocycles. The maximum absolute atomic E-state index is 10.5. The smallest absolute Gasteiger partial charge is 0.266 e. The molecule has 1 atom stereocenters. The number of rotatable bonds is 7. The van der Waals surface area contributed by atoms with Crippen molar-refractivity contribution in [1.82, 2.24) is 4.90 Å². The van der Waals surface area contributed by atoms with Crippen LogP contribution in [0, 0.1) is 0 Å². The van der Waals surface area contributed by atoms with Crippen molar-refractivity contribution in [3.05, 3.63) is 0 Å². The molecule has 0 aromatic carbocycles. The largest absolute Gasteiger partial charge is 0.302 e. The van der Waals surface area contributed by atoms with Crippen LogP contribution in [0.15, 0.2) is 0 Å². The standard InChI is InChI=1S/C9H21NO3S/c1-4-6-9(5-2)10(3)7-8-14(11,12)13/h9H,4-8H2,1-3H3,(H,11,12,13). The maximum atomic E-state index is 10.5. The number of hydrogen-bond donors (Lipinski definition) is 1. The van der Waals surface area contributed by atoms with E-state index in [2.05, 4.69) is 13.8 Å². The molecule has 4 nitrogen and oxygen atoms in total. The van der Waals surface area contributed by atoms with Gasteiger partial charge >= 0.3 is 0 Å². The molecule has 0 aliphatic rings. The number of nitrogens with zero attached hydrogens (tertiary/aromatic N) is 1. The first-order valence-corrected chi connectivity index (χ1v) is 6.67. The highest BCUT2D eigenvalue weighted by Gasteiger charge is 2.14. The summed E-state index contributed by atoms with van der Waals surface area (Å²) in [5.74, 6) is -0.177. The third kappa shape index (κ3) is 6.34. The highest BCUT2D eigenvalue weighted by atomic mass is 32.2. The van der Waals surface area contributed by atoms with E-state index in [1.807, 2.05) is 11.9 Å². The molecule has 0 heterocycles. The fourth-order valence-corrected chi connectivity index (χ4v) is 2.03. The van der Waals surface area contributed by atoms with Gasteiger partial charge in [0.05, 0.1) is 5.75 Å². The van der Waals surface area contributed by atoms with Crippen molar-refractivity contribution >= 4 is 10.1 Å². The first-order valence-electron chi connectivity index (χ1n) is 5.06. The predicted molar refractivity (Wildman–Crippen MR) is 58.0 cm³/mol. The van der Waals surface area contributed by atoms with Crippen molar-refractivity contribution in [1.29, 1.82) is 0 Å². The fraction of sp³-hybridized carbons (Fsp3) is 1.00. The van der Waals surface area contributed by atoms with Gasteiger partial charge in [0.1, 0.15) is 0 Å². The van der Waals surface area contributed by atoms with E-state index in [1.165, 1.54) is 0 Å². The molecular formula is C9H21NO3S. The van der Waals surface area contributed by atoms with Gasteiger partial charge in [-0.2, -0.15) is 8.42 Å². The third-order valence-corrected chi connectivity index (χ3v) is 3.12. The van der Waals surface area contributed by atoms with Crippen molar-refractivity contribution in [3.63, 3.8) is 0 Å². The topological polar surface area (TPSA) is 57.6 Å². The molecule has 0 rings (SSSR count). The van der Waals surface area contributed by atoms with E-state index in [-0.39, 0.29) is 5.75 Å². The molecule has 0 aliphatic heterocycles. The second-order valence-corrected chi connectivity index (χ2v) is 5.19. The summed E-state index contributed by atoms with van der Waals surface area (Å²) < 4.78 is 29.7. The van der Waals surface area contributed by atoms with Crippen LogP contribution in [0.5, 0.6) is 0 Å². The van der Waals surface area contributed by atoms with Gasteiger partial charge in [-0.3, -0.25) is 4.55 Å². The average Bonchev–Trinajstić information content (AvgIpc) is 2.09. The van der Waals surface area contributed by atoms with Gasteiger partial charge in [-0.1, -0.05) is 20.3 Å². The highest BCUT2D eigenvalue weighted by molar-refractivity contribution is 7.85. The third-order valence-electron chi connectivity index (χ3n) is 2.42. The molecule has 0 aromatic rings. The zero-order chi connectivity index (χ0) is 11.2. The van der Waals surface area contributed by atoms with Crippen molar-refractivity contribution in [2.75, 3.05) is 19.3 Å². The van der Waals surface area contributed by atoms with E-state index in [0.717, 1.165) is 19.3 Å². The second kappa shape index (κ2) is 6.37. The minimum Gasteiger partial charge on any atom is -0.302 e. The van der Waals surface area contributed by atoms with E-state index in [0.29, 0.717) is 12.6 Å². The first-order chi connectivity index (χ1) is 6.40. The maximum Gasteiger partial charge on any atom is 0.266 e. The summed E-state index contributed by atoms with van der Waals surface area (Å²) >= 11 is 0. The van der Waals surface area contributed by atoms with Crippen LogP contribution in [0.4, 0.5) is 0 Å². The van der Waals surface area contributed by atoms with Crippen LogP contribution in [0.1, 0.15) is 33.1 Å². The minimum atomic E-state index is -3.82. The van der Waals surface area contributed by atoms with Crippen LogP contribution >= 0.6 is 0 Å². The first kappa shape index (κ1) is 13.9. The van der Waals surface area contributed by atoms with Crippen molar-refractivity contribution < 1.29 is 13.0 Å². The molecule has 5 heteroatoms. The second-order valence-electron chi connectivity index (χ2n) is 3.62. The molecule has 0 radical (unpaired) electrons. The Morgan fingerprint density at radius 2 is 1.93 bits per heavy atom. The van der Waals surface area contributed by atoms with Crippen LogP contribution in [-0.2, 0) is 10.1 Å². The van der Waals surface area contributed by atoms with Gasteiger partial charge in [0, 0.05) is 12.6 Å². The Kier molecular flexibility index (Phi) is 6.31. The van der Waals surface area contributed by atoms with Crippen LogP contribution in [0.25, 0.3) is 0 Å². The Morgan fingerprint density at radius 1 is 1.36 bits per heavy atom. The summed E-state index contributed by atoms with van der Waals surface area (Å²) in [6, 6.07) is 0.418. The van der Waals surface area contributed by atoms with E-state index >= 15 is 0 Å². The van der Waals surface area contributed by atoms with E-state index in [9.17, 15) is 8.42 Å². The van der Waals surface area contributed by atoms with Gasteiger partial charge in [-0.15, -0.1) is 0 Å². The van der Waals surface area contributed by atoms with Gasteiger partial charge in [-0.05, 0) is 19.9 Å². The zero-order valence-corrected chi connectivity index (χ0v) is 10.0. The summed E-state index contributed by atoms with van der Waals surface area (Å²) in [5, 5.41) is 0. The molecule has 14 heavy (non-hydrogen) atoms. The highest BCUT2D eigenvalue weighted by Crippen LogP contribution is 2.08. The quantitative estimate of drug-likeness (QED) is 0.663. The SMILES string of the molecule is CCCC(CC)N(C)CCS(=O)(=O)O. The Balaban J connectivity index is 3.98. The van der Waals surface area contributed by atoms with Crippen molar-refractivity contribution in [2.24, 2.45) is 0 Å². The van der Waals surface area contributed by atoms with Crippen LogP contribution in [0.2, 0.25) is 0 Å². The predicted octanol–water partition coefficient (Wildman–Crippen LogP) is 1.38. The molecule has 0 saturated heterocycles. The summed E-state index contributed by atoms with van der Waals surface area (Å²) in [6.45, 7) is 4.60. The molecule has 0 fully saturated rings. The van der Waals surface area contributed by atoms with E-state index in [4.69, 9.17) is 4.55 Å².